The first kappa shape index (κ1) is 18.6. The van der Waals surface area contributed by atoms with E-state index in [1.807, 2.05) is 13.8 Å². The number of ether oxygens (including phenoxy) is 1. The molecule has 2 atom stereocenters. The standard InChI is InChI=1S/C18H26N4O4/c1-12-10-21(11-13(2)26-12)8-7-19-18(23)14-3-6-16(20-15-4-5-15)17(9-14)22(24)25/h3,6,9,12-13,15,20H,4-5,7-8,10-11H2,1-2H3,(H,19,23). The number of morpholine rings is 1. The fourth-order valence-corrected chi connectivity index (χ4v) is 3.29. The van der Waals surface area contributed by atoms with Crippen LogP contribution in [0.1, 0.15) is 37.0 Å². The molecule has 8 heteroatoms. The van der Waals surface area contributed by atoms with Crippen LogP contribution in [0.25, 0.3) is 0 Å². The lowest BCUT2D eigenvalue weighted by Gasteiger charge is -2.35. The van der Waals surface area contributed by atoms with E-state index in [4.69, 9.17) is 4.74 Å². The van der Waals surface area contributed by atoms with Crippen LogP contribution < -0.4 is 10.6 Å². The van der Waals surface area contributed by atoms with Crippen LogP contribution in [0.3, 0.4) is 0 Å². The molecule has 1 heterocycles. The maximum absolute atomic E-state index is 12.3. The molecule has 1 amide bonds. The fourth-order valence-electron chi connectivity index (χ4n) is 3.29. The van der Waals surface area contributed by atoms with E-state index in [0.717, 1.165) is 32.5 Å². The van der Waals surface area contributed by atoms with E-state index in [1.54, 1.807) is 12.1 Å². The number of amides is 1. The zero-order valence-corrected chi connectivity index (χ0v) is 15.2. The van der Waals surface area contributed by atoms with Crippen molar-refractivity contribution in [2.45, 2.75) is 44.9 Å². The molecule has 0 spiro atoms. The molecule has 8 nitrogen and oxygen atoms in total. The van der Waals surface area contributed by atoms with Crippen LogP contribution in [-0.4, -0.2) is 60.2 Å². The maximum atomic E-state index is 12.3. The highest BCUT2D eigenvalue weighted by Crippen LogP contribution is 2.31. The first-order chi connectivity index (χ1) is 12.4. The van der Waals surface area contributed by atoms with Gasteiger partial charge in [0.15, 0.2) is 0 Å². The molecule has 0 bridgehead atoms. The van der Waals surface area contributed by atoms with Crippen LogP contribution in [0.5, 0.6) is 0 Å². The Morgan fingerprint density at radius 2 is 2.00 bits per heavy atom. The second-order valence-electron chi connectivity index (χ2n) is 7.18. The third-order valence-electron chi connectivity index (χ3n) is 4.60. The van der Waals surface area contributed by atoms with Gasteiger partial charge in [-0.1, -0.05) is 0 Å². The van der Waals surface area contributed by atoms with Crippen LogP contribution in [0.15, 0.2) is 18.2 Å². The smallest absolute Gasteiger partial charge is 0.293 e. The molecule has 142 valence electrons. The quantitative estimate of drug-likeness (QED) is 0.569. The van der Waals surface area contributed by atoms with Crippen molar-refractivity contribution in [3.8, 4) is 0 Å². The normalized spacial score (nSPS) is 23.5. The Bertz CT molecular complexity index is 667. The summed E-state index contributed by atoms with van der Waals surface area (Å²) in [6.45, 7) is 6.98. The summed E-state index contributed by atoms with van der Waals surface area (Å²) in [7, 11) is 0. The Morgan fingerprint density at radius 3 is 2.62 bits per heavy atom. The van der Waals surface area contributed by atoms with E-state index in [0.29, 0.717) is 23.8 Å². The van der Waals surface area contributed by atoms with Crippen LogP contribution in [0.2, 0.25) is 0 Å². The van der Waals surface area contributed by atoms with Crippen molar-refractivity contribution >= 4 is 17.3 Å². The Hall–Kier alpha value is -2.19. The van der Waals surface area contributed by atoms with Gasteiger partial charge in [-0.25, -0.2) is 0 Å². The minimum absolute atomic E-state index is 0.0552. The van der Waals surface area contributed by atoms with Crippen molar-refractivity contribution in [3.05, 3.63) is 33.9 Å². The number of carbonyl (C=O) groups is 1. The first-order valence-corrected chi connectivity index (χ1v) is 9.13. The average molecular weight is 362 g/mol. The van der Waals surface area contributed by atoms with Gasteiger partial charge in [-0.05, 0) is 38.8 Å². The Balaban J connectivity index is 1.55. The molecule has 0 aromatic heterocycles. The van der Waals surface area contributed by atoms with E-state index in [2.05, 4.69) is 15.5 Å². The number of nitro benzene ring substituents is 1. The number of benzene rings is 1. The molecule has 2 unspecified atom stereocenters. The minimum Gasteiger partial charge on any atom is -0.377 e. The number of nitro groups is 1. The monoisotopic (exact) mass is 362 g/mol. The number of rotatable bonds is 7. The van der Waals surface area contributed by atoms with Crippen LogP contribution >= 0.6 is 0 Å². The van der Waals surface area contributed by atoms with Crippen LogP contribution in [0, 0.1) is 10.1 Å². The Labute approximate surface area is 153 Å². The van der Waals surface area contributed by atoms with E-state index in [9.17, 15) is 14.9 Å². The van der Waals surface area contributed by atoms with E-state index in [1.165, 1.54) is 6.07 Å². The predicted octanol–water partition coefficient (Wildman–Crippen LogP) is 2.01. The van der Waals surface area contributed by atoms with Gasteiger partial charge >= 0.3 is 0 Å². The number of anilines is 1. The number of nitrogens with zero attached hydrogens (tertiary/aromatic N) is 2. The SMILES string of the molecule is CC1CN(CCNC(=O)c2ccc(NC3CC3)c([N+](=O)[O-])c2)CC(C)O1. The number of hydrogen-bond donors (Lipinski definition) is 2. The zero-order valence-electron chi connectivity index (χ0n) is 15.2. The number of carbonyl (C=O) groups excluding carboxylic acids is 1. The van der Waals surface area contributed by atoms with Gasteiger partial charge in [0.1, 0.15) is 5.69 Å². The van der Waals surface area contributed by atoms with E-state index >= 15 is 0 Å². The summed E-state index contributed by atoms with van der Waals surface area (Å²) in [5.41, 5.74) is 0.729. The molecule has 1 aromatic rings. The summed E-state index contributed by atoms with van der Waals surface area (Å²) in [6.07, 6.45) is 2.42. The third kappa shape index (κ3) is 4.92. The molecule has 26 heavy (non-hydrogen) atoms. The minimum atomic E-state index is -0.446. The summed E-state index contributed by atoms with van der Waals surface area (Å²) in [4.78, 5) is 25.4. The lowest BCUT2D eigenvalue weighted by atomic mass is 10.1. The topological polar surface area (TPSA) is 96.7 Å². The molecule has 2 fully saturated rings. The Kier molecular flexibility index (Phi) is 5.73. The van der Waals surface area contributed by atoms with E-state index < -0.39 is 4.92 Å². The van der Waals surface area contributed by atoms with Gasteiger partial charge < -0.3 is 15.4 Å². The van der Waals surface area contributed by atoms with Gasteiger partial charge in [-0.15, -0.1) is 0 Å². The molecule has 2 aliphatic rings. The molecule has 2 N–H and O–H groups in total. The van der Waals surface area contributed by atoms with E-state index in [-0.39, 0.29) is 23.8 Å². The van der Waals surface area contributed by atoms with Crippen molar-refractivity contribution in [1.82, 2.24) is 10.2 Å². The summed E-state index contributed by atoms with van der Waals surface area (Å²) in [5, 5.41) is 17.3. The highest BCUT2D eigenvalue weighted by Gasteiger charge is 2.26. The molecule has 1 saturated heterocycles. The van der Waals surface area contributed by atoms with Gasteiger partial charge in [0, 0.05) is 43.9 Å². The lowest BCUT2D eigenvalue weighted by Crippen LogP contribution is -2.47. The summed E-state index contributed by atoms with van der Waals surface area (Å²) < 4.78 is 5.69. The van der Waals surface area contributed by atoms with Crippen LogP contribution in [0.4, 0.5) is 11.4 Å². The van der Waals surface area contributed by atoms with Crippen molar-refractivity contribution in [2.75, 3.05) is 31.5 Å². The summed E-state index contributed by atoms with van der Waals surface area (Å²) >= 11 is 0. The summed E-state index contributed by atoms with van der Waals surface area (Å²) in [5.74, 6) is -0.291. The Morgan fingerprint density at radius 1 is 1.31 bits per heavy atom. The maximum Gasteiger partial charge on any atom is 0.293 e. The van der Waals surface area contributed by atoms with Gasteiger partial charge in [0.2, 0.25) is 0 Å². The van der Waals surface area contributed by atoms with Gasteiger partial charge in [0.05, 0.1) is 17.1 Å². The second-order valence-corrected chi connectivity index (χ2v) is 7.18. The molecular weight excluding hydrogens is 336 g/mol. The second kappa shape index (κ2) is 8.01. The average Bonchev–Trinajstić information content (AvgIpc) is 3.38. The summed E-state index contributed by atoms with van der Waals surface area (Å²) in [6, 6.07) is 4.91. The van der Waals surface area contributed by atoms with Crippen molar-refractivity contribution in [3.63, 3.8) is 0 Å². The largest absolute Gasteiger partial charge is 0.377 e. The fraction of sp³-hybridized carbons (Fsp3) is 0.611. The van der Waals surface area contributed by atoms with Crippen LogP contribution in [-0.2, 0) is 4.74 Å². The van der Waals surface area contributed by atoms with Gasteiger partial charge in [-0.3, -0.25) is 19.8 Å². The molecule has 1 aromatic carbocycles. The number of nitrogens with one attached hydrogen (secondary N) is 2. The predicted molar refractivity (Wildman–Crippen MR) is 98.5 cm³/mol. The van der Waals surface area contributed by atoms with Gasteiger partial charge in [-0.2, -0.15) is 0 Å². The highest BCUT2D eigenvalue weighted by atomic mass is 16.6. The third-order valence-corrected chi connectivity index (χ3v) is 4.60. The first-order valence-electron chi connectivity index (χ1n) is 9.13. The molecule has 1 aliphatic carbocycles. The number of hydrogen-bond acceptors (Lipinski definition) is 6. The van der Waals surface area contributed by atoms with Crippen molar-refractivity contribution in [1.29, 1.82) is 0 Å². The molecule has 1 saturated carbocycles. The molecule has 0 radical (unpaired) electrons. The molecule has 3 rings (SSSR count). The zero-order chi connectivity index (χ0) is 18.7. The van der Waals surface area contributed by atoms with Gasteiger partial charge in [0.25, 0.3) is 11.6 Å². The van der Waals surface area contributed by atoms with Crippen molar-refractivity contribution < 1.29 is 14.5 Å². The molecule has 1 aliphatic heterocycles. The molecular formula is C18H26N4O4. The highest BCUT2D eigenvalue weighted by molar-refractivity contribution is 5.95. The van der Waals surface area contributed by atoms with Crippen molar-refractivity contribution in [2.24, 2.45) is 0 Å². The lowest BCUT2D eigenvalue weighted by molar-refractivity contribution is -0.384.